The predicted octanol–water partition coefficient (Wildman–Crippen LogP) is 6.64. The fourth-order valence-electron chi connectivity index (χ4n) is 5.33. The summed E-state index contributed by atoms with van der Waals surface area (Å²) in [5.41, 5.74) is 5.67. The van der Waals surface area contributed by atoms with E-state index in [0.29, 0.717) is 47.6 Å². The number of pyridine rings is 1. The van der Waals surface area contributed by atoms with Crippen LogP contribution in [-0.4, -0.2) is 43.9 Å². The quantitative estimate of drug-likeness (QED) is 0.182. The molecule has 42 heavy (non-hydrogen) atoms. The molecule has 0 radical (unpaired) electrons. The van der Waals surface area contributed by atoms with Crippen LogP contribution >= 0.6 is 15.9 Å². The largest absolute Gasteiger partial charge is 0.488 e. The van der Waals surface area contributed by atoms with Crippen LogP contribution in [0.3, 0.4) is 0 Å². The number of halogens is 1. The van der Waals surface area contributed by atoms with Gasteiger partial charge in [-0.15, -0.1) is 0 Å². The Kier molecular flexibility index (Phi) is 8.43. The number of aliphatic carboxylic acids is 1. The van der Waals surface area contributed by atoms with E-state index in [9.17, 15) is 9.90 Å². The highest BCUT2D eigenvalue weighted by molar-refractivity contribution is 9.10. The summed E-state index contributed by atoms with van der Waals surface area (Å²) in [7, 11) is 0. The third kappa shape index (κ3) is 6.00. The normalized spacial score (nSPS) is 15.5. The third-order valence-corrected chi connectivity index (χ3v) is 8.43. The highest BCUT2D eigenvalue weighted by Crippen LogP contribution is 2.38. The van der Waals surface area contributed by atoms with Crippen molar-refractivity contribution in [1.82, 2.24) is 20.2 Å². The maximum Gasteiger partial charge on any atom is 0.320 e. The summed E-state index contributed by atoms with van der Waals surface area (Å²) < 4.78 is 18.8. The number of carbonyl (C=O) groups is 1. The lowest BCUT2D eigenvalue weighted by Gasteiger charge is -2.33. The van der Waals surface area contributed by atoms with Gasteiger partial charge in [0.05, 0.1) is 0 Å². The number of fused-ring (bicyclic) bond motifs is 1. The molecule has 1 aliphatic rings. The van der Waals surface area contributed by atoms with Gasteiger partial charge < -0.3 is 14.6 Å². The van der Waals surface area contributed by atoms with Gasteiger partial charge in [-0.1, -0.05) is 61.0 Å². The molecule has 1 atom stereocenters. The third-order valence-electron chi connectivity index (χ3n) is 7.49. The van der Waals surface area contributed by atoms with Gasteiger partial charge in [-0.3, -0.25) is 14.7 Å². The van der Waals surface area contributed by atoms with Crippen LogP contribution in [0.4, 0.5) is 0 Å². The van der Waals surface area contributed by atoms with Gasteiger partial charge in [0, 0.05) is 46.2 Å². The topological polar surface area (TPSA) is 111 Å². The molecule has 0 spiro atoms. The molecule has 1 aliphatic heterocycles. The number of nitrogens with zero attached hydrogens (tertiary/aromatic N) is 4. The minimum absolute atomic E-state index is 0.262. The molecule has 0 aliphatic carbocycles. The molecule has 214 valence electrons. The molecular formula is C32H29BrN4O5. The molecule has 2 aromatic heterocycles. The first kappa shape index (κ1) is 27.9. The second kappa shape index (κ2) is 12.7. The Hall–Kier alpha value is -4.28. The van der Waals surface area contributed by atoms with Gasteiger partial charge in [-0.2, -0.15) is 0 Å². The first-order chi connectivity index (χ1) is 20.6. The fourth-order valence-corrected chi connectivity index (χ4v) is 5.93. The molecule has 1 fully saturated rings. The van der Waals surface area contributed by atoms with Crippen LogP contribution in [0, 0.1) is 0 Å². The van der Waals surface area contributed by atoms with Crippen molar-refractivity contribution in [2.24, 2.45) is 0 Å². The maximum absolute atomic E-state index is 12.0. The number of rotatable bonds is 10. The molecule has 6 rings (SSSR count). The van der Waals surface area contributed by atoms with Gasteiger partial charge in [-0.05, 0) is 62.8 Å². The van der Waals surface area contributed by atoms with Crippen LogP contribution in [0.1, 0.15) is 36.0 Å². The molecule has 3 heterocycles. The smallest absolute Gasteiger partial charge is 0.320 e. The molecule has 1 N–H and O–H groups in total. The summed E-state index contributed by atoms with van der Waals surface area (Å²) >= 11 is 3.77. The van der Waals surface area contributed by atoms with Crippen LogP contribution < -0.4 is 9.47 Å². The number of hydrogen-bond donors (Lipinski definition) is 1. The first-order valence-corrected chi connectivity index (χ1v) is 14.6. The molecule has 0 bridgehead atoms. The van der Waals surface area contributed by atoms with Crippen LogP contribution in [0.2, 0.25) is 0 Å². The minimum Gasteiger partial charge on any atom is -0.488 e. The molecule has 3 aromatic carbocycles. The van der Waals surface area contributed by atoms with Crippen molar-refractivity contribution >= 4 is 32.9 Å². The molecule has 0 amide bonds. The molecule has 10 heteroatoms. The van der Waals surface area contributed by atoms with Crippen LogP contribution in [0.25, 0.3) is 22.2 Å². The van der Waals surface area contributed by atoms with Crippen molar-refractivity contribution in [3.63, 3.8) is 0 Å². The number of hydrogen-bond acceptors (Lipinski definition) is 8. The zero-order valence-corrected chi connectivity index (χ0v) is 24.4. The van der Waals surface area contributed by atoms with Crippen LogP contribution in [0.5, 0.6) is 11.5 Å². The predicted molar refractivity (Wildman–Crippen MR) is 160 cm³/mol. The molecule has 5 aromatic rings. The Morgan fingerprint density at radius 3 is 2.62 bits per heavy atom. The van der Waals surface area contributed by atoms with Gasteiger partial charge >= 0.3 is 5.97 Å². The number of aromatic nitrogens is 3. The number of carboxylic acid groups (broad SMARTS) is 1. The highest BCUT2D eigenvalue weighted by Gasteiger charge is 2.31. The lowest BCUT2D eigenvalue weighted by atomic mass is 10.0. The molecule has 9 nitrogen and oxygen atoms in total. The Bertz CT molecular complexity index is 1680. The number of carboxylic acids is 1. The summed E-state index contributed by atoms with van der Waals surface area (Å²) in [5, 5.41) is 18.2. The Morgan fingerprint density at radius 1 is 0.976 bits per heavy atom. The van der Waals surface area contributed by atoms with Gasteiger partial charge in [0.1, 0.15) is 30.5 Å². The number of piperidine rings is 1. The molecule has 0 saturated carbocycles. The van der Waals surface area contributed by atoms with Gasteiger partial charge in [-0.25, -0.2) is 4.63 Å². The zero-order chi connectivity index (χ0) is 28.9. The van der Waals surface area contributed by atoms with Crippen molar-refractivity contribution in [1.29, 1.82) is 0 Å². The van der Waals surface area contributed by atoms with E-state index in [-0.39, 0.29) is 13.2 Å². The van der Waals surface area contributed by atoms with E-state index >= 15 is 0 Å². The second-order valence-corrected chi connectivity index (χ2v) is 11.0. The summed E-state index contributed by atoms with van der Waals surface area (Å²) in [6, 6.07) is 21.2. The minimum atomic E-state index is -0.828. The van der Waals surface area contributed by atoms with E-state index in [1.54, 1.807) is 18.5 Å². The first-order valence-electron chi connectivity index (χ1n) is 13.8. The Labute approximate surface area is 251 Å². The molecule has 1 saturated heterocycles. The number of benzene rings is 3. The average Bonchev–Trinajstić information content (AvgIpc) is 3.52. The van der Waals surface area contributed by atoms with Crippen LogP contribution in [0.15, 0.2) is 88.2 Å². The summed E-state index contributed by atoms with van der Waals surface area (Å²) in [4.78, 5) is 18.2. The molecule has 0 unspecified atom stereocenters. The van der Waals surface area contributed by atoms with E-state index < -0.39 is 12.0 Å². The second-order valence-electron chi connectivity index (χ2n) is 10.2. The van der Waals surface area contributed by atoms with Gasteiger partial charge in [0.15, 0.2) is 11.3 Å². The summed E-state index contributed by atoms with van der Waals surface area (Å²) in [6.45, 7) is 1.52. The monoisotopic (exact) mass is 628 g/mol. The van der Waals surface area contributed by atoms with Crippen LogP contribution in [-0.2, 0) is 24.6 Å². The van der Waals surface area contributed by atoms with Crippen molar-refractivity contribution in [3.8, 4) is 22.6 Å². The van der Waals surface area contributed by atoms with Crippen molar-refractivity contribution in [3.05, 3.63) is 100 Å². The van der Waals surface area contributed by atoms with Crippen molar-refractivity contribution in [2.75, 3.05) is 6.54 Å². The lowest BCUT2D eigenvalue weighted by molar-refractivity contribution is -0.144. The van der Waals surface area contributed by atoms with E-state index in [1.165, 1.54) is 0 Å². The Balaban J connectivity index is 1.33. The summed E-state index contributed by atoms with van der Waals surface area (Å²) in [5.74, 6) is 0.163. The Morgan fingerprint density at radius 2 is 1.81 bits per heavy atom. The maximum atomic E-state index is 12.0. The number of likely N-dealkylation sites (tertiary alicyclic amines) is 1. The number of ether oxygens (including phenoxy) is 2. The average molecular weight is 630 g/mol. The van der Waals surface area contributed by atoms with Gasteiger partial charge in [0.25, 0.3) is 0 Å². The standard InChI is InChI=1S/C32H29BrN4O5/c33-29-23(11-6-12-24(29)22-9-2-1-3-10-22)20-41-28-16-27(40-19-21-8-7-14-34-17-21)25(30-31(28)36-42-35-30)18-37-15-5-4-13-26(37)32(38)39/h1-3,6-12,14,16-17,26H,4-5,13,15,18-20H2,(H,38,39)/t26-/m0/s1. The van der Waals surface area contributed by atoms with E-state index in [2.05, 4.69) is 49.4 Å². The SMILES string of the molecule is O=C(O)[C@@H]1CCCCN1Cc1c(OCc2cccnc2)cc(OCc2cccc(-c3ccccc3)c2Br)c2nonc12. The zero-order valence-electron chi connectivity index (χ0n) is 22.8. The molecular weight excluding hydrogens is 600 g/mol. The van der Waals surface area contributed by atoms with E-state index in [1.807, 2.05) is 47.4 Å². The van der Waals surface area contributed by atoms with Crippen molar-refractivity contribution in [2.45, 2.75) is 45.1 Å². The fraction of sp³-hybridized carbons (Fsp3) is 0.250. The van der Waals surface area contributed by atoms with E-state index in [4.69, 9.17) is 14.1 Å². The highest BCUT2D eigenvalue weighted by atomic mass is 79.9. The lowest BCUT2D eigenvalue weighted by Crippen LogP contribution is -2.44. The van der Waals surface area contributed by atoms with Crippen molar-refractivity contribution < 1.29 is 24.0 Å². The van der Waals surface area contributed by atoms with Gasteiger partial charge in [0.2, 0.25) is 0 Å². The van der Waals surface area contributed by atoms with E-state index in [0.717, 1.165) is 39.6 Å². The summed E-state index contributed by atoms with van der Waals surface area (Å²) in [6.07, 6.45) is 5.86.